The zero-order valence-electron chi connectivity index (χ0n) is 15.4. The molecule has 1 aliphatic carbocycles. The molecule has 1 saturated carbocycles. The summed E-state index contributed by atoms with van der Waals surface area (Å²) in [5.74, 6) is -0.109. The van der Waals surface area contributed by atoms with Crippen LogP contribution in [0.2, 0.25) is 0 Å². The molecule has 0 N–H and O–H groups in total. The molecule has 1 fully saturated rings. The van der Waals surface area contributed by atoms with Crippen molar-refractivity contribution in [2.75, 3.05) is 13.1 Å². The highest BCUT2D eigenvalue weighted by Gasteiger charge is 2.35. The minimum Gasteiger partial charge on any atom is -0.345 e. The Morgan fingerprint density at radius 3 is 2.54 bits per heavy atom. The molecule has 2 heterocycles. The SMILES string of the molecule is CCN(CC)S(=O)(=O)c1cc(C(=O)N(Cc2ccsc2)C2CC2)n(C)c1. The summed E-state index contributed by atoms with van der Waals surface area (Å²) in [6.45, 7) is 5.00. The Morgan fingerprint density at radius 1 is 1.31 bits per heavy atom. The third-order valence-electron chi connectivity index (χ3n) is 4.72. The van der Waals surface area contributed by atoms with Gasteiger partial charge in [0.25, 0.3) is 5.91 Å². The number of sulfonamides is 1. The molecule has 0 atom stereocenters. The Hall–Kier alpha value is -1.64. The van der Waals surface area contributed by atoms with Crippen LogP contribution in [-0.4, -0.2) is 47.2 Å². The lowest BCUT2D eigenvalue weighted by Gasteiger charge is -2.22. The number of aryl methyl sites for hydroxylation is 1. The molecule has 1 amide bonds. The smallest absolute Gasteiger partial charge is 0.271 e. The fraction of sp³-hybridized carbons (Fsp3) is 0.500. The fourth-order valence-corrected chi connectivity index (χ4v) is 5.27. The third kappa shape index (κ3) is 3.72. The van der Waals surface area contributed by atoms with Crippen molar-refractivity contribution in [2.24, 2.45) is 7.05 Å². The van der Waals surface area contributed by atoms with Crippen molar-refractivity contribution in [3.05, 3.63) is 40.3 Å². The minimum atomic E-state index is -3.57. The Balaban J connectivity index is 1.89. The van der Waals surface area contributed by atoms with Gasteiger partial charge >= 0.3 is 0 Å². The number of hydrogen-bond acceptors (Lipinski definition) is 4. The van der Waals surface area contributed by atoms with Gasteiger partial charge in [0, 0.05) is 38.9 Å². The molecule has 26 heavy (non-hydrogen) atoms. The van der Waals surface area contributed by atoms with Crippen molar-refractivity contribution in [1.29, 1.82) is 0 Å². The maximum atomic E-state index is 13.1. The molecule has 0 aromatic carbocycles. The van der Waals surface area contributed by atoms with Crippen molar-refractivity contribution in [2.45, 2.75) is 44.2 Å². The summed E-state index contributed by atoms with van der Waals surface area (Å²) in [5.41, 5.74) is 1.53. The Kier molecular flexibility index (Phi) is 5.55. The summed E-state index contributed by atoms with van der Waals surface area (Å²) < 4.78 is 28.5. The second-order valence-corrected chi connectivity index (χ2v) is 9.28. The molecule has 0 aliphatic heterocycles. The molecule has 8 heteroatoms. The van der Waals surface area contributed by atoms with Crippen LogP contribution >= 0.6 is 11.3 Å². The second kappa shape index (κ2) is 7.54. The lowest BCUT2D eigenvalue weighted by Crippen LogP contribution is -2.33. The van der Waals surface area contributed by atoms with Crippen LogP contribution in [0.15, 0.2) is 34.0 Å². The predicted octanol–water partition coefficient (Wildman–Crippen LogP) is 2.92. The van der Waals surface area contributed by atoms with Crippen molar-refractivity contribution in [3.8, 4) is 0 Å². The van der Waals surface area contributed by atoms with Gasteiger partial charge in [-0.2, -0.15) is 15.6 Å². The average molecular weight is 396 g/mol. The van der Waals surface area contributed by atoms with Crippen molar-refractivity contribution >= 4 is 27.3 Å². The van der Waals surface area contributed by atoms with E-state index in [1.165, 1.54) is 16.6 Å². The first-order chi connectivity index (χ1) is 12.4. The van der Waals surface area contributed by atoms with E-state index in [1.54, 1.807) is 23.0 Å². The zero-order chi connectivity index (χ0) is 18.9. The zero-order valence-corrected chi connectivity index (χ0v) is 17.0. The van der Waals surface area contributed by atoms with Gasteiger partial charge in [-0.25, -0.2) is 8.42 Å². The number of thiophene rings is 1. The van der Waals surface area contributed by atoms with Crippen LogP contribution < -0.4 is 0 Å². The molecule has 142 valence electrons. The highest BCUT2D eigenvalue weighted by atomic mass is 32.2. The van der Waals surface area contributed by atoms with Gasteiger partial charge < -0.3 is 9.47 Å². The summed E-state index contributed by atoms with van der Waals surface area (Å²) in [5, 5.41) is 4.05. The van der Waals surface area contributed by atoms with E-state index in [0.29, 0.717) is 25.3 Å². The van der Waals surface area contributed by atoms with E-state index in [0.717, 1.165) is 18.4 Å². The van der Waals surface area contributed by atoms with Crippen LogP contribution in [-0.2, 0) is 23.6 Å². The lowest BCUT2D eigenvalue weighted by molar-refractivity contribution is 0.0720. The molecule has 0 saturated heterocycles. The number of aromatic nitrogens is 1. The molecule has 2 aromatic heterocycles. The van der Waals surface area contributed by atoms with E-state index in [-0.39, 0.29) is 16.8 Å². The van der Waals surface area contributed by atoms with Gasteiger partial charge in [-0.1, -0.05) is 13.8 Å². The van der Waals surface area contributed by atoms with Crippen LogP contribution in [0.5, 0.6) is 0 Å². The van der Waals surface area contributed by atoms with Crippen LogP contribution in [0.3, 0.4) is 0 Å². The summed E-state index contributed by atoms with van der Waals surface area (Å²) >= 11 is 1.61. The molecule has 0 unspecified atom stereocenters. The van der Waals surface area contributed by atoms with Gasteiger partial charge in [0.2, 0.25) is 10.0 Å². The van der Waals surface area contributed by atoms with E-state index in [9.17, 15) is 13.2 Å². The summed E-state index contributed by atoms with van der Waals surface area (Å²) in [7, 11) is -1.85. The monoisotopic (exact) mass is 395 g/mol. The number of carbonyl (C=O) groups excluding carboxylic acids is 1. The number of nitrogens with zero attached hydrogens (tertiary/aromatic N) is 3. The van der Waals surface area contributed by atoms with E-state index in [2.05, 4.69) is 0 Å². The third-order valence-corrected chi connectivity index (χ3v) is 7.47. The summed E-state index contributed by atoms with van der Waals surface area (Å²) in [6.07, 6.45) is 3.55. The lowest BCUT2D eigenvalue weighted by atomic mass is 10.2. The highest BCUT2D eigenvalue weighted by molar-refractivity contribution is 7.89. The molecular formula is C18H25N3O3S2. The molecule has 0 radical (unpaired) electrons. The molecular weight excluding hydrogens is 370 g/mol. The van der Waals surface area contributed by atoms with E-state index < -0.39 is 10.0 Å². The van der Waals surface area contributed by atoms with Gasteiger partial charge in [-0.15, -0.1) is 0 Å². The quantitative estimate of drug-likeness (QED) is 0.690. The van der Waals surface area contributed by atoms with Crippen LogP contribution in [0.4, 0.5) is 0 Å². The first kappa shape index (κ1) is 19.1. The molecule has 2 aromatic rings. The van der Waals surface area contributed by atoms with Gasteiger partial charge in [-0.05, 0) is 41.3 Å². The Bertz CT molecular complexity index is 864. The number of rotatable bonds is 8. The predicted molar refractivity (Wildman–Crippen MR) is 103 cm³/mol. The van der Waals surface area contributed by atoms with Crippen molar-refractivity contribution < 1.29 is 13.2 Å². The number of hydrogen-bond donors (Lipinski definition) is 0. The molecule has 1 aliphatic rings. The van der Waals surface area contributed by atoms with Gasteiger partial charge in [0.05, 0.1) is 0 Å². The second-order valence-electron chi connectivity index (χ2n) is 6.56. The van der Waals surface area contributed by atoms with Gasteiger partial charge in [0.1, 0.15) is 10.6 Å². The number of carbonyl (C=O) groups is 1. The molecule has 0 spiro atoms. The molecule has 6 nitrogen and oxygen atoms in total. The standard InChI is InChI=1S/C18H25N3O3S2/c1-4-20(5-2)26(23,24)16-10-17(19(3)12-16)18(22)21(15-6-7-15)11-14-8-9-25-13-14/h8-10,12-13,15H,4-7,11H2,1-3H3. The van der Waals surface area contributed by atoms with E-state index in [1.807, 2.05) is 35.6 Å². The first-order valence-electron chi connectivity index (χ1n) is 8.87. The fourth-order valence-electron chi connectivity index (χ4n) is 3.08. The largest absolute Gasteiger partial charge is 0.345 e. The van der Waals surface area contributed by atoms with Crippen molar-refractivity contribution in [1.82, 2.24) is 13.8 Å². The van der Waals surface area contributed by atoms with Gasteiger partial charge in [-0.3, -0.25) is 4.79 Å². The first-order valence-corrected chi connectivity index (χ1v) is 11.2. The topological polar surface area (TPSA) is 62.6 Å². The van der Waals surface area contributed by atoms with Crippen LogP contribution in [0.25, 0.3) is 0 Å². The highest BCUT2D eigenvalue weighted by Crippen LogP contribution is 2.31. The number of amides is 1. The average Bonchev–Trinajstić information content (AvgIpc) is 3.15. The summed E-state index contributed by atoms with van der Waals surface area (Å²) in [4.78, 5) is 15.2. The Morgan fingerprint density at radius 2 is 2.00 bits per heavy atom. The molecule has 0 bridgehead atoms. The maximum absolute atomic E-state index is 13.1. The van der Waals surface area contributed by atoms with E-state index in [4.69, 9.17) is 0 Å². The molecule has 3 rings (SSSR count). The van der Waals surface area contributed by atoms with Crippen molar-refractivity contribution in [3.63, 3.8) is 0 Å². The maximum Gasteiger partial charge on any atom is 0.271 e. The summed E-state index contributed by atoms with van der Waals surface area (Å²) in [6, 6.07) is 3.79. The normalized spacial score (nSPS) is 14.8. The van der Waals surface area contributed by atoms with Gasteiger partial charge in [0.15, 0.2) is 0 Å². The Labute approximate surface area is 159 Å². The van der Waals surface area contributed by atoms with Crippen LogP contribution in [0, 0.1) is 0 Å². The minimum absolute atomic E-state index is 0.109. The van der Waals surface area contributed by atoms with Crippen LogP contribution in [0.1, 0.15) is 42.7 Å². The van der Waals surface area contributed by atoms with E-state index >= 15 is 0 Å².